The fourth-order valence-corrected chi connectivity index (χ4v) is 4.82. The topological polar surface area (TPSA) is 128 Å². The van der Waals surface area contributed by atoms with E-state index in [0.29, 0.717) is 31.6 Å². The summed E-state index contributed by atoms with van der Waals surface area (Å²) in [5, 5.41) is 11.6. The lowest BCUT2D eigenvalue weighted by Gasteiger charge is -2.39. The molecule has 1 fully saturated rings. The van der Waals surface area contributed by atoms with Crippen LogP contribution in [0.5, 0.6) is 5.75 Å². The van der Waals surface area contributed by atoms with E-state index in [4.69, 9.17) is 15.2 Å². The summed E-state index contributed by atoms with van der Waals surface area (Å²) < 4.78 is 38.8. The molecule has 0 aromatic heterocycles. The summed E-state index contributed by atoms with van der Waals surface area (Å²) in [6, 6.07) is 12.9. The van der Waals surface area contributed by atoms with E-state index in [0.717, 1.165) is 0 Å². The quantitative estimate of drug-likeness (QED) is 0.576. The van der Waals surface area contributed by atoms with E-state index in [2.05, 4.69) is 4.72 Å². The average Bonchev–Trinajstić information content (AvgIpc) is 2.78. The SMILES string of the molecule is COc1ccc(S(=O)(=O)NC[C@](O)(c2ccccc2)C2CCOCC2)cc1C(N)=O. The highest BCUT2D eigenvalue weighted by molar-refractivity contribution is 7.89. The maximum Gasteiger partial charge on any atom is 0.252 e. The maximum atomic E-state index is 12.9. The lowest BCUT2D eigenvalue weighted by atomic mass is 9.77. The smallest absolute Gasteiger partial charge is 0.252 e. The maximum absolute atomic E-state index is 12.9. The number of rotatable bonds is 8. The Morgan fingerprint density at radius 1 is 1.23 bits per heavy atom. The first-order chi connectivity index (χ1) is 14.3. The predicted octanol–water partition coefficient (Wildman–Crippen LogP) is 1.39. The highest BCUT2D eigenvalue weighted by Crippen LogP contribution is 2.36. The van der Waals surface area contributed by atoms with Gasteiger partial charge in [-0.3, -0.25) is 4.79 Å². The van der Waals surface area contributed by atoms with Crippen LogP contribution in [0, 0.1) is 5.92 Å². The van der Waals surface area contributed by atoms with Crippen LogP contribution in [0.3, 0.4) is 0 Å². The Labute approximate surface area is 176 Å². The van der Waals surface area contributed by atoms with Crippen molar-refractivity contribution in [3.63, 3.8) is 0 Å². The van der Waals surface area contributed by atoms with Gasteiger partial charge < -0.3 is 20.3 Å². The number of sulfonamides is 1. The van der Waals surface area contributed by atoms with Gasteiger partial charge in [-0.2, -0.15) is 0 Å². The van der Waals surface area contributed by atoms with Crippen LogP contribution < -0.4 is 15.2 Å². The second kappa shape index (κ2) is 9.13. The minimum atomic E-state index is -4.03. The first kappa shape index (κ1) is 22.2. The van der Waals surface area contributed by atoms with Crippen molar-refractivity contribution < 1.29 is 27.8 Å². The van der Waals surface area contributed by atoms with E-state index in [9.17, 15) is 18.3 Å². The first-order valence-electron chi connectivity index (χ1n) is 9.61. The second-order valence-corrected chi connectivity index (χ2v) is 8.99. The van der Waals surface area contributed by atoms with Crippen molar-refractivity contribution in [3.8, 4) is 5.75 Å². The molecule has 2 aromatic carbocycles. The van der Waals surface area contributed by atoms with Gasteiger partial charge in [0.25, 0.3) is 5.91 Å². The van der Waals surface area contributed by atoms with Gasteiger partial charge in [0.1, 0.15) is 11.4 Å². The molecular weight excluding hydrogens is 408 g/mol. The Kier molecular flexibility index (Phi) is 6.77. The molecule has 1 amide bonds. The summed E-state index contributed by atoms with van der Waals surface area (Å²) in [7, 11) is -2.66. The fourth-order valence-electron chi connectivity index (χ4n) is 3.72. The third-order valence-electron chi connectivity index (χ3n) is 5.45. The zero-order valence-electron chi connectivity index (χ0n) is 16.7. The molecule has 9 heteroatoms. The molecule has 1 aliphatic rings. The van der Waals surface area contributed by atoms with Crippen molar-refractivity contribution in [2.45, 2.75) is 23.3 Å². The van der Waals surface area contributed by atoms with Gasteiger partial charge in [-0.15, -0.1) is 0 Å². The number of hydrogen-bond acceptors (Lipinski definition) is 6. The second-order valence-electron chi connectivity index (χ2n) is 7.23. The van der Waals surface area contributed by atoms with Gasteiger partial charge in [0.2, 0.25) is 10.0 Å². The first-order valence-corrected chi connectivity index (χ1v) is 11.1. The summed E-state index contributed by atoms with van der Waals surface area (Å²) >= 11 is 0. The molecule has 1 atom stereocenters. The number of carbonyl (C=O) groups excluding carboxylic acids is 1. The monoisotopic (exact) mass is 434 g/mol. The van der Waals surface area contributed by atoms with Crippen LogP contribution in [-0.2, 0) is 20.4 Å². The van der Waals surface area contributed by atoms with Crippen LogP contribution in [0.2, 0.25) is 0 Å². The van der Waals surface area contributed by atoms with Crippen molar-refractivity contribution in [2.24, 2.45) is 11.7 Å². The highest BCUT2D eigenvalue weighted by Gasteiger charge is 2.40. The summed E-state index contributed by atoms with van der Waals surface area (Å²) in [5.41, 5.74) is 4.52. The minimum absolute atomic E-state index is 0.0388. The average molecular weight is 435 g/mol. The van der Waals surface area contributed by atoms with Gasteiger partial charge in [0.15, 0.2) is 0 Å². The molecule has 30 heavy (non-hydrogen) atoms. The van der Waals surface area contributed by atoms with Crippen molar-refractivity contribution >= 4 is 15.9 Å². The molecule has 0 aliphatic carbocycles. The molecule has 0 radical (unpaired) electrons. The standard InChI is InChI=1S/C21H26N2O6S/c1-28-19-8-7-17(13-18(19)20(22)24)30(26,27)23-14-21(25,15-5-3-2-4-6-15)16-9-11-29-12-10-16/h2-8,13,16,23,25H,9-12,14H2,1H3,(H2,22,24)/t21-/m0/s1. The normalized spacial score (nSPS) is 17.3. The lowest BCUT2D eigenvalue weighted by molar-refractivity contribution is -0.0663. The fraction of sp³-hybridized carbons (Fsp3) is 0.381. The van der Waals surface area contributed by atoms with E-state index in [1.54, 1.807) is 24.3 Å². The van der Waals surface area contributed by atoms with E-state index in [-0.39, 0.29) is 28.7 Å². The summed E-state index contributed by atoms with van der Waals surface area (Å²) in [6.45, 7) is 0.794. The molecule has 3 rings (SSSR count). The van der Waals surface area contributed by atoms with Gasteiger partial charge in [-0.1, -0.05) is 30.3 Å². The number of amides is 1. The van der Waals surface area contributed by atoms with E-state index >= 15 is 0 Å². The third kappa shape index (κ3) is 4.65. The number of methoxy groups -OCH3 is 1. The Hall–Kier alpha value is -2.46. The molecule has 1 saturated heterocycles. The summed E-state index contributed by atoms with van der Waals surface area (Å²) in [5.74, 6) is -0.787. The number of primary amides is 1. The molecule has 1 heterocycles. The van der Waals surface area contributed by atoms with Crippen LogP contribution in [0.1, 0.15) is 28.8 Å². The van der Waals surface area contributed by atoms with Crippen LogP contribution in [0.25, 0.3) is 0 Å². The Balaban J connectivity index is 1.89. The van der Waals surface area contributed by atoms with Crippen LogP contribution in [0.15, 0.2) is 53.4 Å². The molecular formula is C21H26N2O6S. The Bertz CT molecular complexity index is 990. The number of aliphatic hydroxyl groups is 1. The largest absolute Gasteiger partial charge is 0.496 e. The van der Waals surface area contributed by atoms with Crippen LogP contribution >= 0.6 is 0 Å². The molecule has 0 unspecified atom stereocenters. The van der Waals surface area contributed by atoms with Crippen molar-refractivity contribution in [1.82, 2.24) is 4.72 Å². The molecule has 0 saturated carbocycles. The van der Waals surface area contributed by atoms with Crippen molar-refractivity contribution in [2.75, 3.05) is 26.9 Å². The van der Waals surface area contributed by atoms with E-state index in [1.807, 2.05) is 6.07 Å². The Morgan fingerprint density at radius 2 is 1.90 bits per heavy atom. The number of benzene rings is 2. The number of ether oxygens (including phenoxy) is 2. The highest BCUT2D eigenvalue weighted by atomic mass is 32.2. The zero-order valence-corrected chi connectivity index (χ0v) is 17.5. The number of carbonyl (C=O) groups is 1. The van der Waals surface area contributed by atoms with Gasteiger partial charge in [-0.25, -0.2) is 13.1 Å². The molecule has 2 aromatic rings. The van der Waals surface area contributed by atoms with Crippen molar-refractivity contribution in [3.05, 3.63) is 59.7 Å². The van der Waals surface area contributed by atoms with Gasteiger partial charge in [-0.05, 0) is 42.5 Å². The van der Waals surface area contributed by atoms with E-state index < -0.39 is 21.5 Å². The van der Waals surface area contributed by atoms with Crippen LogP contribution in [0.4, 0.5) is 0 Å². The third-order valence-corrected chi connectivity index (χ3v) is 6.85. The summed E-state index contributed by atoms with van der Waals surface area (Å²) in [6.07, 6.45) is 1.23. The molecule has 8 nitrogen and oxygen atoms in total. The predicted molar refractivity (Wildman–Crippen MR) is 111 cm³/mol. The zero-order chi connectivity index (χ0) is 21.8. The van der Waals surface area contributed by atoms with Gasteiger partial charge >= 0.3 is 0 Å². The van der Waals surface area contributed by atoms with Gasteiger partial charge in [0, 0.05) is 19.8 Å². The molecule has 0 bridgehead atoms. The lowest BCUT2D eigenvalue weighted by Crippen LogP contribution is -2.47. The van der Waals surface area contributed by atoms with Crippen molar-refractivity contribution in [1.29, 1.82) is 0 Å². The number of nitrogens with two attached hydrogens (primary N) is 1. The summed E-state index contributed by atoms with van der Waals surface area (Å²) in [4.78, 5) is 11.5. The minimum Gasteiger partial charge on any atom is -0.496 e. The van der Waals surface area contributed by atoms with E-state index in [1.165, 1.54) is 25.3 Å². The van der Waals surface area contributed by atoms with Gasteiger partial charge in [0.05, 0.1) is 17.6 Å². The molecule has 1 aliphatic heterocycles. The Morgan fingerprint density at radius 3 is 2.50 bits per heavy atom. The van der Waals surface area contributed by atoms with Crippen LogP contribution in [-0.4, -0.2) is 46.3 Å². The number of hydrogen-bond donors (Lipinski definition) is 3. The molecule has 4 N–H and O–H groups in total. The number of nitrogens with one attached hydrogen (secondary N) is 1. The molecule has 0 spiro atoms. The molecule has 162 valence electrons.